The van der Waals surface area contributed by atoms with Gasteiger partial charge < -0.3 is 4.90 Å². The molecule has 1 aliphatic rings. The van der Waals surface area contributed by atoms with Crippen LogP contribution in [0.3, 0.4) is 0 Å². The van der Waals surface area contributed by atoms with Crippen LogP contribution in [0.2, 0.25) is 0 Å². The summed E-state index contributed by atoms with van der Waals surface area (Å²) in [5.41, 5.74) is 2.34. The summed E-state index contributed by atoms with van der Waals surface area (Å²) in [5.74, 6) is 0.735. The summed E-state index contributed by atoms with van der Waals surface area (Å²) in [5, 5.41) is 2.72. The van der Waals surface area contributed by atoms with Crippen molar-refractivity contribution < 1.29 is 4.79 Å². The molecule has 0 N–H and O–H groups in total. The lowest BCUT2D eigenvalue weighted by atomic mass is 9.88. The number of para-hydroxylation sites is 1. The molecule has 0 aliphatic heterocycles. The maximum Gasteiger partial charge on any atom is 0.266 e. The molecule has 1 heterocycles. The van der Waals surface area contributed by atoms with Crippen LogP contribution in [0.1, 0.15) is 56.5 Å². The molecule has 1 aliphatic carbocycles. The summed E-state index contributed by atoms with van der Waals surface area (Å²) in [6, 6.07) is 31.3. The fourth-order valence-corrected chi connectivity index (χ4v) is 5.90. The summed E-state index contributed by atoms with van der Waals surface area (Å²) < 4.78 is 1.71. The molecule has 0 spiro atoms. The van der Waals surface area contributed by atoms with Crippen molar-refractivity contribution in [1.82, 2.24) is 14.5 Å². The van der Waals surface area contributed by atoms with E-state index in [1.807, 2.05) is 84.6 Å². The average Bonchev–Trinajstić information content (AvgIpc) is 3.00. The Labute approximate surface area is 228 Å². The summed E-state index contributed by atoms with van der Waals surface area (Å²) in [4.78, 5) is 35.2. The van der Waals surface area contributed by atoms with Crippen LogP contribution in [0.4, 0.5) is 0 Å². The highest BCUT2D eigenvalue weighted by Crippen LogP contribution is 2.31. The van der Waals surface area contributed by atoms with Gasteiger partial charge in [-0.3, -0.25) is 14.2 Å². The molecule has 0 bridgehead atoms. The molecule has 1 fully saturated rings. The monoisotopic (exact) mass is 515 g/mol. The molecule has 6 rings (SSSR count). The van der Waals surface area contributed by atoms with Gasteiger partial charge in [-0.1, -0.05) is 92.1 Å². The highest BCUT2D eigenvalue weighted by Gasteiger charge is 2.32. The smallest absolute Gasteiger partial charge is 0.266 e. The van der Waals surface area contributed by atoms with Gasteiger partial charge in [0, 0.05) is 12.5 Å². The fourth-order valence-electron chi connectivity index (χ4n) is 5.90. The average molecular weight is 516 g/mol. The molecule has 1 amide bonds. The van der Waals surface area contributed by atoms with Crippen molar-refractivity contribution >= 4 is 27.6 Å². The highest BCUT2D eigenvalue weighted by atomic mass is 16.2. The summed E-state index contributed by atoms with van der Waals surface area (Å²) in [7, 11) is 0. The molecule has 5 nitrogen and oxygen atoms in total. The topological polar surface area (TPSA) is 55.2 Å². The van der Waals surface area contributed by atoms with Crippen LogP contribution in [-0.2, 0) is 11.3 Å². The van der Waals surface area contributed by atoms with Gasteiger partial charge in [-0.15, -0.1) is 0 Å². The Bertz CT molecular complexity index is 1690. The van der Waals surface area contributed by atoms with Gasteiger partial charge in [0.2, 0.25) is 5.91 Å². The molecule has 4 aromatic carbocycles. The number of nitrogens with zero attached hydrogens (tertiary/aromatic N) is 3. The minimum atomic E-state index is -0.414. The molecule has 1 aromatic heterocycles. The number of carbonyl (C=O) groups excluding carboxylic acids is 1. The van der Waals surface area contributed by atoms with Crippen LogP contribution in [0.25, 0.3) is 27.4 Å². The summed E-state index contributed by atoms with van der Waals surface area (Å²) in [6.45, 7) is 2.48. The normalized spacial score (nSPS) is 14.9. The maximum atomic E-state index is 14.1. The van der Waals surface area contributed by atoms with E-state index in [1.165, 1.54) is 6.42 Å². The van der Waals surface area contributed by atoms with Gasteiger partial charge in [0.05, 0.1) is 22.6 Å². The second-order valence-corrected chi connectivity index (χ2v) is 10.6. The van der Waals surface area contributed by atoms with Crippen LogP contribution in [0.5, 0.6) is 0 Å². The van der Waals surface area contributed by atoms with Crippen molar-refractivity contribution in [1.29, 1.82) is 0 Å². The Morgan fingerprint density at radius 2 is 1.56 bits per heavy atom. The van der Waals surface area contributed by atoms with Gasteiger partial charge in [0.1, 0.15) is 5.82 Å². The standard InChI is InChI=1S/C34H33N3O2/c1-24(36(23-25-12-4-2-5-13-25)33(38)27-15-6-3-7-16-27)32-35-31-19-11-10-18-30(31)34(39)37(32)29-21-20-26-14-8-9-17-28(26)22-29/h2,4-5,8-14,17-22,24,27H,3,6-7,15-16,23H2,1H3. The van der Waals surface area contributed by atoms with Crippen LogP contribution in [0, 0.1) is 5.92 Å². The Morgan fingerprint density at radius 3 is 2.36 bits per heavy atom. The third-order valence-corrected chi connectivity index (χ3v) is 8.07. The van der Waals surface area contributed by atoms with Gasteiger partial charge in [0.15, 0.2) is 0 Å². The molecule has 0 radical (unpaired) electrons. The fraction of sp³-hybridized carbons (Fsp3) is 0.265. The number of aromatic nitrogens is 2. The van der Waals surface area contributed by atoms with E-state index in [0.29, 0.717) is 23.3 Å². The van der Waals surface area contributed by atoms with E-state index in [9.17, 15) is 9.59 Å². The van der Waals surface area contributed by atoms with E-state index < -0.39 is 6.04 Å². The summed E-state index contributed by atoms with van der Waals surface area (Å²) in [6.07, 6.45) is 5.19. The van der Waals surface area contributed by atoms with E-state index in [1.54, 1.807) is 4.57 Å². The SMILES string of the molecule is CC(c1nc2ccccc2c(=O)n1-c1ccc2ccccc2c1)N(Cc1ccccc1)C(=O)C1CCCCC1. The van der Waals surface area contributed by atoms with Gasteiger partial charge in [-0.2, -0.15) is 0 Å². The molecule has 1 unspecified atom stereocenters. The zero-order valence-electron chi connectivity index (χ0n) is 22.3. The van der Waals surface area contributed by atoms with Crippen molar-refractivity contribution in [2.75, 3.05) is 0 Å². The maximum absolute atomic E-state index is 14.1. The number of hydrogen-bond acceptors (Lipinski definition) is 3. The van der Waals surface area contributed by atoms with Crippen molar-refractivity contribution in [3.63, 3.8) is 0 Å². The van der Waals surface area contributed by atoms with Crippen molar-refractivity contribution in [2.24, 2.45) is 5.92 Å². The number of rotatable bonds is 6. The molecule has 196 valence electrons. The first-order valence-electron chi connectivity index (χ1n) is 14.0. The molecule has 1 atom stereocenters. The Hall–Kier alpha value is -4.25. The zero-order valence-corrected chi connectivity index (χ0v) is 22.3. The predicted octanol–water partition coefficient (Wildman–Crippen LogP) is 7.21. The molecular weight excluding hydrogens is 482 g/mol. The van der Waals surface area contributed by atoms with Gasteiger partial charge >= 0.3 is 0 Å². The first-order valence-corrected chi connectivity index (χ1v) is 14.0. The van der Waals surface area contributed by atoms with Crippen LogP contribution < -0.4 is 5.56 Å². The molecular formula is C34H33N3O2. The number of benzene rings is 4. The third-order valence-electron chi connectivity index (χ3n) is 8.07. The Kier molecular flexibility index (Phi) is 6.97. The first kappa shape index (κ1) is 25.1. The van der Waals surface area contributed by atoms with Gasteiger partial charge in [-0.25, -0.2) is 4.98 Å². The first-order chi connectivity index (χ1) is 19.1. The lowest BCUT2D eigenvalue weighted by molar-refractivity contribution is -0.139. The van der Waals surface area contributed by atoms with Crippen LogP contribution >= 0.6 is 0 Å². The number of carbonyl (C=O) groups is 1. The largest absolute Gasteiger partial charge is 0.328 e. The van der Waals surface area contributed by atoms with Crippen molar-refractivity contribution in [3.05, 3.63) is 119 Å². The van der Waals surface area contributed by atoms with Crippen molar-refractivity contribution in [2.45, 2.75) is 51.6 Å². The lowest BCUT2D eigenvalue weighted by Crippen LogP contribution is -2.40. The summed E-state index contributed by atoms with van der Waals surface area (Å²) >= 11 is 0. The molecule has 0 saturated heterocycles. The van der Waals surface area contributed by atoms with Gasteiger partial charge in [0.25, 0.3) is 5.56 Å². The zero-order chi connectivity index (χ0) is 26.8. The second-order valence-electron chi connectivity index (χ2n) is 10.6. The van der Waals surface area contributed by atoms with Crippen LogP contribution in [0.15, 0.2) is 102 Å². The molecule has 39 heavy (non-hydrogen) atoms. The Morgan fingerprint density at radius 1 is 0.872 bits per heavy atom. The van der Waals surface area contributed by atoms with E-state index in [0.717, 1.165) is 47.7 Å². The van der Waals surface area contributed by atoms with Crippen LogP contribution in [-0.4, -0.2) is 20.4 Å². The van der Waals surface area contributed by atoms with E-state index in [-0.39, 0.29) is 17.4 Å². The number of fused-ring (bicyclic) bond motifs is 2. The van der Waals surface area contributed by atoms with Gasteiger partial charge in [-0.05, 0) is 60.4 Å². The number of amides is 1. The molecule has 1 saturated carbocycles. The highest BCUT2D eigenvalue weighted by molar-refractivity contribution is 5.85. The molecule has 5 heteroatoms. The van der Waals surface area contributed by atoms with E-state index in [4.69, 9.17) is 4.98 Å². The quantitative estimate of drug-likeness (QED) is 0.240. The predicted molar refractivity (Wildman–Crippen MR) is 157 cm³/mol. The van der Waals surface area contributed by atoms with E-state index in [2.05, 4.69) is 24.3 Å². The number of hydrogen-bond donors (Lipinski definition) is 0. The minimum Gasteiger partial charge on any atom is -0.328 e. The van der Waals surface area contributed by atoms with Crippen molar-refractivity contribution in [3.8, 4) is 5.69 Å². The Balaban J connectivity index is 1.52. The lowest BCUT2D eigenvalue weighted by Gasteiger charge is -2.34. The minimum absolute atomic E-state index is 0.00575. The molecule has 5 aromatic rings. The third kappa shape index (κ3) is 4.97. The van der Waals surface area contributed by atoms with E-state index >= 15 is 0 Å². The second kappa shape index (κ2) is 10.9.